The Morgan fingerprint density at radius 1 is 1.36 bits per heavy atom. The Bertz CT molecular complexity index is 380. The maximum absolute atomic E-state index is 5.81. The molecule has 0 bridgehead atoms. The van der Waals surface area contributed by atoms with Crippen LogP contribution in [0.5, 0.6) is 5.75 Å². The van der Waals surface area contributed by atoms with Gasteiger partial charge in [0, 0.05) is 11.3 Å². The van der Waals surface area contributed by atoms with E-state index in [1.807, 2.05) is 6.07 Å². The van der Waals surface area contributed by atoms with Crippen LogP contribution in [0.15, 0.2) is 24.3 Å². The molecule has 0 atom stereocenters. The van der Waals surface area contributed by atoms with Gasteiger partial charge in [0.25, 0.3) is 0 Å². The van der Waals surface area contributed by atoms with E-state index in [0.717, 1.165) is 17.1 Å². The first-order valence-electron chi connectivity index (χ1n) is 4.73. The Labute approximate surface area is 90.2 Å². The second-order valence-corrected chi connectivity index (χ2v) is 4.39. The van der Waals surface area contributed by atoms with E-state index in [-0.39, 0.29) is 5.60 Å². The van der Waals surface area contributed by atoms with E-state index in [2.05, 4.69) is 50.8 Å². The van der Waals surface area contributed by atoms with E-state index >= 15 is 0 Å². The van der Waals surface area contributed by atoms with Crippen LogP contribution in [0.3, 0.4) is 0 Å². The molecule has 1 nitrogen and oxygen atoms in total. The molecule has 0 aromatic heterocycles. The van der Waals surface area contributed by atoms with Gasteiger partial charge in [-0.15, -0.1) is 0 Å². The summed E-state index contributed by atoms with van der Waals surface area (Å²) >= 11 is 4.25. The number of benzene rings is 1. The largest absolute Gasteiger partial charge is 0.483 e. The third-order valence-corrected chi connectivity index (χ3v) is 2.66. The van der Waals surface area contributed by atoms with Crippen molar-refractivity contribution in [1.82, 2.24) is 0 Å². The van der Waals surface area contributed by atoms with Crippen molar-refractivity contribution in [1.29, 1.82) is 0 Å². The van der Waals surface area contributed by atoms with E-state index in [4.69, 9.17) is 4.74 Å². The van der Waals surface area contributed by atoms with E-state index in [0.29, 0.717) is 0 Å². The van der Waals surface area contributed by atoms with Crippen LogP contribution < -0.4 is 4.74 Å². The van der Waals surface area contributed by atoms with Gasteiger partial charge in [0.15, 0.2) is 0 Å². The lowest BCUT2D eigenvalue weighted by Crippen LogP contribution is -2.27. The van der Waals surface area contributed by atoms with E-state index in [1.54, 1.807) is 0 Å². The molecule has 1 heterocycles. The lowest BCUT2D eigenvalue weighted by Gasteiger charge is -2.27. The Hall–Kier alpha value is -0.890. The van der Waals surface area contributed by atoms with Crippen LogP contribution in [-0.2, 0) is 5.75 Å². The number of thiol groups is 1. The first-order chi connectivity index (χ1) is 6.61. The van der Waals surface area contributed by atoms with Crippen molar-refractivity contribution in [2.45, 2.75) is 25.2 Å². The minimum absolute atomic E-state index is 0.185. The quantitative estimate of drug-likeness (QED) is 0.694. The molecule has 0 spiro atoms. The number of ether oxygens (including phenoxy) is 1. The van der Waals surface area contributed by atoms with Crippen LogP contribution in [0.1, 0.15) is 25.0 Å². The van der Waals surface area contributed by atoms with Crippen molar-refractivity contribution in [3.63, 3.8) is 0 Å². The van der Waals surface area contributed by atoms with Crippen LogP contribution in [-0.4, -0.2) is 5.60 Å². The van der Waals surface area contributed by atoms with E-state index in [1.165, 1.54) is 5.56 Å². The molecule has 0 unspecified atom stereocenters. The normalized spacial score (nSPS) is 17.4. The predicted molar refractivity (Wildman–Crippen MR) is 62.9 cm³/mol. The molecular formula is C12H14OS. The van der Waals surface area contributed by atoms with Gasteiger partial charge in [-0.2, -0.15) is 12.6 Å². The summed E-state index contributed by atoms with van der Waals surface area (Å²) in [5.74, 6) is 1.73. The Morgan fingerprint density at radius 2 is 2.14 bits per heavy atom. The van der Waals surface area contributed by atoms with Crippen LogP contribution in [0, 0.1) is 0 Å². The zero-order valence-electron chi connectivity index (χ0n) is 8.45. The molecule has 0 saturated carbocycles. The Morgan fingerprint density at radius 3 is 2.86 bits per heavy atom. The summed E-state index contributed by atoms with van der Waals surface area (Å²) in [6.45, 7) is 4.11. The number of hydrogen-bond acceptors (Lipinski definition) is 2. The van der Waals surface area contributed by atoms with Gasteiger partial charge in [-0.25, -0.2) is 0 Å². The molecule has 1 aromatic carbocycles. The zero-order chi connectivity index (χ0) is 10.2. The number of rotatable bonds is 1. The minimum Gasteiger partial charge on any atom is -0.483 e. The SMILES string of the molecule is CC1(C)C=Cc2cc(CS)ccc2O1. The van der Waals surface area contributed by atoms with Crippen LogP contribution in [0.4, 0.5) is 0 Å². The number of hydrogen-bond donors (Lipinski definition) is 1. The van der Waals surface area contributed by atoms with E-state index in [9.17, 15) is 0 Å². The second kappa shape index (κ2) is 3.35. The Kier molecular flexibility index (Phi) is 2.31. The standard InChI is InChI=1S/C12H14OS/c1-12(2)6-5-10-7-9(8-14)3-4-11(10)13-12/h3-7,14H,8H2,1-2H3. The van der Waals surface area contributed by atoms with Crippen molar-refractivity contribution in [3.05, 3.63) is 35.4 Å². The highest BCUT2D eigenvalue weighted by molar-refractivity contribution is 7.79. The predicted octanol–water partition coefficient (Wildman–Crippen LogP) is 3.30. The summed E-state index contributed by atoms with van der Waals surface area (Å²) in [7, 11) is 0. The fraction of sp³-hybridized carbons (Fsp3) is 0.333. The van der Waals surface area contributed by atoms with Gasteiger partial charge >= 0.3 is 0 Å². The van der Waals surface area contributed by atoms with Gasteiger partial charge in [-0.3, -0.25) is 0 Å². The first-order valence-corrected chi connectivity index (χ1v) is 5.36. The Balaban J connectivity index is 2.41. The van der Waals surface area contributed by atoms with Gasteiger partial charge in [-0.05, 0) is 37.6 Å². The smallest absolute Gasteiger partial charge is 0.127 e. The van der Waals surface area contributed by atoms with Gasteiger partial charge in [0.2, 0.25) is 0 Å². The molecule has 0 amide bonds. The summed E-state index contributed by atoms with van der Waals surface area (Å²) in [5, 5.41) is 0. The highest BCUT2D eigenvalue weighted by Gasteiger charge is 2.21. The summed E-state index contributed by atoms with van der Waals surface area (Å²) in [6, 6.07) is 6.20. The molecule has 1 aromatic rings. The summed E-state index contributed by atoms with van der Waals surface area (Å²) in [6.07, 6.45) is 4.20. The second-order valence-electron chi connectivity index (χ2n) is 4.07. The van der Waals surface area contributed by atoms with Crippen molar-refractivity contribution in [2.75, 3.05) is 0 Å². The molecule has 14 heavy (non-hydrogen) atoms. The summed E-state index contributed by atoms with van der Waals surface area (Å²) < 4.78 is 5.81. The maximum atomic E-state index is 5.81. The average molecular weight is 206 g/mol. The maximum Gasteiger partial charge on any atom is 0.127 e. The van der Waals surface area contributed by atoms with E-state index < -0.39 is 0 Å². The van der Waals surface area contributed by atoms with Gasteiger partial charge in [0.05, 0.1) is 0 Å². The van der Waals surface area contributed by atoms with Crippen LogP contribution >= 0.6 is 12.6 Å². The lowest BCUT2D eigenvalue weighted by molar-refractivity contribution is 0.159. The van der Waals surface area contributed by atoms with Crippen molar-refractivity contribution >= 4 is 18.7 Å². The first kappa shape index (κ1) is 9.66. The van der Waals surface area contributed by atoms with Gasteiger partial charge < -0.3 is 4.74 Å². The fourth-order valence-corrected chi connectivity index (χ4v) is 1.72. The highest BCUT2D eigenvalue weighted by Crippen LogP contribution is 2.31. The van der Waals surface area contributed by atoms with Gasteiger partial charge in [0.1, 0.15) is 11.4 Å². The molecule has 74 valence electrons. The molecular weight excluding hydrogens is 192 g/mol. The average Bonchev–Trinajstić information content (AvgIpc) is 2.16. The molecule has 0 radical (unpaired) electrons. The third-order valence-electron chi connectivity index (χ3n) is 2.29. The number of fused-ring (bicyclic) bond motifs is 1. The molecule has 0 saturated heterocycles. The van der Waals surface area contributed by atoms with Crippen molar-refractivity contribution in [2.24, 2.45) is 0 Å². The van der Waals surface area contributed by atoms with Crippen LogP contribution in [0.2, 0.25) is 0 Å². The third kappa shape index (κ3) is 1.80. The monoisotopic (exact) mass is 206 g/mol. The summed E-state index contributed by atoms with van der Waals surface area (Å²) in [5.41, 5.74) is 2.19. The summed E-state index contributed by atoms with van der Waals surface area (Å²) in [4.78, 5) is 0. The molecule has 1 aliphatic rings. The molecule has 1 aliphatic heterocycles. The molecule has 0 N–H and O–H groups in total. The lowest BCUT2D eigenvalue weighted by atomic mass is 10.0. The molecule has 2 heteroatoms. The molecule has 2 rings (SSSR count). The fourth-order valence-electron chi connectivity index (χ4n) is 1.53. The van der Waals surface area contributed by atoms with Crippen LogP contribution in [0.25, 0.3) is 6.08 Å². The molecule has 0 fully saturated rings. The zero-order valence-corrected chi connectivity index (χ0v) is 9.34. The minimum atomic E-state index is -0.185. The van der Waals surface area contributed by atoms with Crippen molar-refractivity contribution < 1.29 is 4.74 Å². The molecule has 0 aliphatic carbocycles. The highest BCUT2D eigenvalue weighted by atomic mass is 32.1. The van der Waals surface area contributed by atoms with Crippen molar-refractivity contribution in [3.8, 4) is 5.75 Å². The van der Waals surface area contributed by atoms with Gasteiger partial charge in [-0.1, -0.05) is 12.1 Å². The topological polar surface area (TPSA) is 9.23 Å².